The van der Waals surface area contributed by atoms with Crippen molar-refractivity contribution in [3.8, 4) is 11.3 Å². The van der Waals surface area contributed by atoms with Crippen molar-refractivity contribution < 1.29 is 4.79 Å². The van der Waals surface area contributed by atoms with E-state index in [0.717, 1.165) is 15.7 Å². The predicted octanol–water partition coefficient (Wildman–Crippen LogP) is 2.65. The molecule has 0 fully saturated rings. The fraction of sp³-hybridized carbons (Fsp3) is 0.118. The zero-order chi connectivity index (χ0) is 19.0. The lowest BCUT2D eigenvalue weighted by Gasteiger charge is -2.05. The van der Waals surface area contributed by atoms with Crippen molar-refractivity contribution in [2.45, 2.75) is 6.54 Å². The minimum Gasteiger partial charge on any atom is -0.300 e. The molecule has 1 N–H and O–H groups in total. The van der Waals surface area contributed by atoms with Crippen molar-refractivity contribution in [2.24, 2.45) is 7.05 Å². The van der Waals surface area contributed by atoms with Crippen LogP contribution in [0.5, 0.6) is 0 Å². The Kier molecular flexibility index (Phi) is 4.58. The summed E-state index contributed by atoms with van der Waals surface area (Å²) in [7, 11) is 1.71. The average Bonchev–Trinajstić information content (AvgIpc) is 3.25. The number of rotatable bonds is 4. The van der Waals surface area contributed by atoms with Crippen LogP contribution in [-0.2, 0) is 18.4 Å². The first-order chi connectivity index (χ1) is 13.0. The van der Waals surface area contributed by atoms with E-state index >= 15 is 0 Å². The SMILES string of the molecule is Cn1ncc2c(=O)n(CC(=O)Nc3nc(-c4cccc(Br)c4)cs3)cnc21. The second kappa shape index (κ2) is 7.05. The number of carbonyl (C=O) groups is 1. The van der Waals surface area contributed by atoms with E-state index in [1.54, 1.807) is 7.05 Å². The fourth-order valence-electron chi connectivity index (χ4n) is 2.60. The summed E-state index contributed by atoms with van der Waals surface area (Å²) in [5.74, 6) is -0.350. The third-order valence-electron chi connectivity index (χ3n) is 3.90. The van der Waals surface area contributed by atoms with Crippen LogP contribution in [0.25, 0.3) is 22.3 Å². The number of benzene rings is 1. The number of halogens is 1. The van der Waals surface area contributed by atoms with E-state index in [4.69, 9.17) is 0 Å². The largest absolute Gasteiger partial charge is 0.300 e. The van der Waals surface area contributed by atoms with Gasteiger partial charge in [0.1, 0.15) is 18.3 Å². The van der Waals surface area contributed by atoms with Crippen LogP contribution in [0.2, 0.25) is 0 Å². The summed E-state index contributed by atoms with van der Waals surface area (Å²) < 4.78 is 3.72. The van der Waals surface area contributed by atoms with Crippen molar-refractivity contribution in [1.82, 2.24) is 24.3 Å². The van der Waals surface area contributed by atoms with Gasteiger partial charge in [-0.25, -0.2) is 9.97 Å². The highest BCUT2D eigenvalue weighted by Crippen LogP contribution is 2.26. The van der Waals surface area contributed by atoms with Gasteiger partial charge in [0.05, 0.1) is 11.9 Å². The molecular weight excluding hydrogens is 432 g/mol. The lowest BCUT2D eigenvalue weighted by molar-refractivity contribution is -0.116. The molecule has 27 heavy (non-hydrogen) atoms. The average molecular weight is 445 g/mol. The van der Waals surface area contributed by atoms with Crippen LogP contribution >= 0.6 is 27.3 Å². The second-order valence-corrected chi connectivity index (χ2v) is 7.55. The number of hydrogen-bond acceptors (Lipinski definition) is 6. The number of amides is 1. The normalized spacial score (nSPS) is 11.0. The molecule has 1 amide bonds. The van der Waals surface area contributed by atoms with E-state index in [1.807, 2.05) is 29.6 Å². The Labute approximate surface area is 165 Å². The molecule has 0 aliphatic heterocycles. The zero-order valence-electron chi connectivity index (χ0n) is 14.1. The molecule has 3 heterocycles. The van der Waals surface area contributed by atoms with Gasteiger partial charge in [0.25, 0.3) is 5.56 Å². The molecular formula is C17H13BrN6O2S. The van der Waals surface area contributed by atoms with Gasteiger partial charge < -0.3 is 5.32 Å². The number of nitrogens with zero attached hydrogens (tertiary/aromatic N) is 5. The Hall–Kier alpha value is -2.85. The Morgan fingerprint density at radius 3 is 3.04 bits per heavy atom. The number of anilines is 1. The minimum absolute atomic E-state index is 0.150. The highest BCUT2D eigenvalue weighted by Gasteiger charge is 2.12. The van der Waals surface area contributed by atoms with Crippen LogP contribution in [0.4, 0.5) is 5.13 Å². The highest BCUT2D eigenvalue weighted by molar-refractivity contribution is 9.10. The van der Waals surface area contributed by atoms with Gasteiger partial charge in [-0.3, -0.25) is 18.8 Å². The quantitative estimate of drug-likeness (QED) is 0.521. The van der Waals surface area contributed by atoms with E-state index in [0.29, 0.717) is 16.2 Å². The molecule has 1 aromatic carbocycles. The third kappa shape index (κ3) is 3.53. The maximum Gasteiger partial charge on any atom is 0.264 e. The molecule has 136 valence electrons. The van der Waals surface area contributed by atoms with Crippen LogP contribution in [0.1, 0.15) is 0 Å². The number of aryl methyl sites for hydroxylation is 1. The first-order valence-corrected chi connectivity index (χ1v) is 9.57. The molecule has 4 aromatic rings. The Morgan fingerprint density at radius 2 is 2.22 bits per heavy atom. The minimum atomic E-state index is -0.350. The molecule has 4 rings (SSSR count). The molecule has 0 bridgehead atoms. The van der Waals surface area contributed by atoms with Crippen molar-refractivity contribution in [2.75, 3.05) is 5.32 Å². The van der Waals surface area contributed by atoms with Crippen molar-refractivity contribution in [1.29, 1.82) is 0 Å². The number of nitrogens with one attached hydrogen (secondary N) is 1. The molecule has 0 atom stereocenters. The maximum absolute atomic E-state index is 12.4. The topological polar surface area (TPSA) is 94.7 Å². The Morgan fingerprint density at radius 1 is 1.37 bits per heavy atom. The van der Waals surface area contributed by atoms with Gasteiger partial charge in [0.2, 0.25) is 5.91 Å². The molecule has 0 saturated heterocycles. The molecule has 0 radical (unpaired) electrons. The molecule has 8 nitrogen and oxygen atoms in total. The first kappa shape index (κ1) is 17.6. The van der Waals surface area contributed by atoms with Crippen LogP contribution in [0, 0.1) is 0 Å². The summed E-state index contributed by atoms with van der Waals surface area (Å²) in [6, 6.07) is 7.75. The first-order valence-electron chi connectivity index (χ1n) is 7.90. The number of aromatic nitrogens is 5. The van der Waals surface area contributed by atoms with E-state index in [9.17, 15) is 9.59 Å². The van der Waals surface area contributed by atoms with Crippen molar-refractivity contribution in [3.63, 3.8) is 0 Å². The van der Waals surface area contributed by atoms with Crippen LogP contribution in [0.15, 0.2) is 51.4 Å². The van der Waals surface area contributed by atoms with Gasteiger partial charge in [0, 0.05) is 22.5 Å². The summed E-state index contributed by atoms with van der Waals surface area (Å²) in [6.07, 6.45) is 2.80. The zero-order valence-corrected chi connectivity index (χ0v) is 16.5. The molecule has 0 aliphatic carbocycles. The maximum atomic E-state index is 12.4. The number of fused-ring (bicyclic) bond motifs is 1. The highest BCUT2D eigenvalue weighted by atomic mass is 79.9. The van der Waals surface area contributed by atoms with Crippen LogP contribution in [0.3, 0.4) is 0 Å². The predicted molar refractivity (Wildman–Crippen MR) is 107 cm³/mol. The molecule has 3 aromatic heterocycles. The van der Waals surface area contributed by atoms with E-state index in [-0.39, 0.29) is 18.0 Å². The summed E-state index contributed by atoms with van der Waals surface area (Å²) in [5.41, 5.74) is 1.89. The van der Waals surface area contributed by atoms with Gasteiger partial charge >= 0.3 is 0 Å². The van der Waals surface area contributed by atoms with Gasteiger partial charge in [0.15, 0.2) is 10.8 Å². The van der Waals surface area contributed by atoms with E-state index < -0.39 is 0 Å². The number of thiazole rings is 1. The number of carbonyl (C=O) groups excluding carboxylic acids is 1. The van der Waals surface area contributed by atoms with Gasteiger partial charge in [-0.15, -0.1) is 11.3 Å². The number of hydrogen-bond donors (Lipinski definition) is 1. The Bertz CT molecular complexity index is 1210. The van der Waals surface area contributed by atoms with Crippen molar-refractivity contribution in [3.05, 3.63) is 57.0 Å². The van der Waals surface area contributed by atoms with Crippen molar-refractivity contribution >= 4 is 49.3 Å². The smallest absolute Gasteiger partial charge is 0.264 e. The summed E-state index contributed by atoms with van der Waals surface area (Å²) in [6.45, 7) is -0.150. The monoisotopic (exact) mass is 444 g/mol. The molecule has 0 spiro atoms. The van der Waals surface area contributed by atoms with Gasteiger partial charge in [-0.1, -0.05) is 28.1 Å². The second-order valence-electron chi connectivity index (χ2n) is 5.78. The molecule has 10 heteroatoms. The van der Waals surface area contributed by atoms with E-state index in [1.165, 1.54) is 33.1 Å². The van der Waals surface area contributed by atoms with E-state index in [2.05, 4.69) is 36.3 Å². The van der Waals surface area contributed by atoms with Gasteiger partial charge in [-0.2, -0.15) is 5.10 Å². The molecule has 0 saturated carbocycles. The fourth-order valence-corrected chi connectivity index (χ4v) is 3.74. The lowest BCUT2D eigenvalue weighted by Crippen LogP contribution is -2.27. The van der Waals surface area contributed by atoms with Crippen LogP contribution in [-0.4, -0.2) is 30.2 Å². The molecule has 0 unspecified atom stereocenters. The van der Waals surface area contributed by atoms with Crippen LogP contribution < -0.4 is 10.9 Å². The summed E-state index contributed by atoms with van der Waals surface area (Å²) >= 11 is 4.76. The molecule has 0 aliphatic rings. The van der Waals surface area contributed by atoms with Gasteiger partial charge in [-0.05, 0) is 12.1 Å². The summed E-state index contributed by atoms with van der Waals surface area (Å²) in [4.78, 5) is 33.3. The Balaban J connectivity index is 1.50. The standard InChI is InChI=1S/C17H13BrN6O2S/c1-23-15-12(6-20-23)16(26)24(9-19-15)7-14(25)22-17-21-13(8-27-17)10-3-2-4-11(18)5-10/h2-6,8-9H,7H2,1H3,(H,21,22,25). The summed E-state index contributed by atoms with van der Waals surface area (Å²) in [5, 5.41) is 9.45. The lowest BCUT2D eigenvalue weighted by atomic mass is 10.2. The third-order valence-corrected chi connectivity index (χ3v) is 5.15.